The van der Waals surface area contributed by atoms with E-state index in [-0.39, 0.29) is 59.8 Å². The minimum atomic E-state index is -0.629. The summed E-state index contributed by atoms with van der Waals surface area (Å²) in [6.07, 6.45) is 7.11. The number of allylic oxidation sites excluding steroid dienone is 2. The van der Waals surface area contributed by atoms with E-state index in [1.54, 1.807) is 28.4 Å². The number of carbonyl (C=O) groups is 2. The predicted octanol–water partition coefficient (Wildman–Crippen LogP) is 4.02. The van der Waals surface area contributed by atoms with Gasteiger partial charge in [0.1, 0.15) is 0 Å². The average molecular weight is 657 g/mol. The largest absolute Gasteiger partial charge is 0.504 e. The summed E-state index contributed by atoms with van der Waals surface area (Å²) in [5.74, 6) is 1.41. The lowest BCUT2D eigenvalue weighted by Gasteiger charge is -2.57. The van der Waals surface area contributed by atoms with Gasteiger partial charge in [-0.25, -0.2) is 0 Å². The highest BCUT2D eigenvalue weighted by Crippen LogP contribution is 2.63. The molecule has 0 amide bonds. The molecule has 2 fully saturated rings. The Balaban J connectivity index is 1.43. The minimum Gasteiger partial charge on any atom is -0.504 e. The number of methoxy groups -OCH3 is 4. The normalized spacial score (nSPS) is 32.2. The molecule has 0 radical (unpaired) electrons. The zero-order valence-corrected chi connectivity index (χ0v) is 28.5. The van der Waals surface area contributed by atoms with Crippen molar-refractivity contribution in [3.63, 3.8) is 0 Å². The molecule has 8 rings (SSSR count). The summed E-state index contributed by atoms with van der Waals surface area (Å²) in [5.41, 5.74) is 4.05. The number of hydrogen-bond acceptors (Lipinski definition) is 10. The molecule has 2 N–H and O–H groups in total. The number of benzene rings is 2. The van der Waals surface area contributed by atoms with E-state index in [0.717, 1.165) is 46.5 Å². The summed E-state index contributed by atoms with van der Waals surface area (Å²) >= 11 is 0. The highest BCUT2D eigenvalue weighted by atomic mass is 16.5. The maximum absolute atomic E-state index is 13.5. The highest BCUT2D eigenvalue weighted by molar-refractivity contribution is 5.97. The van der Waals surface area contributed by atoms with Gasteiger partial charge < -0.3 is 39.0 Å². The van der Waals surface area contributed by atoms with Crippen LogP contribution in [0, 0.1) is 11.8 Å². The molecule has 2 saturated heterocycles. The number of ketones is 2. The molecule has 10 nitrogen and oxygen atoms in total. The van der Waals surface area contributed by atoms with Gasteiger partial charge in [-0.2, -0.15) is 0 Å². The van der Waals surface area contributed by atoms with Gasteiger partial charge >= 0.3 is 0 Å². The summed E-state index contributed by atoms with van der Waals surface area (Å²) in [4.78, 5) is 31.8. The Bertz CT molecular complexity index is 1700. The molecule has 0 unspecified atom stereocenters. The Hall–Kier alpha value is -4.02. The molecule has 2 heterocycles. The van der Waals surface area contributed by atoms with Crippen LogP contribution in [0.3, 0.4) is 0 Å². The SMILES string of the molecule is COC1=C[C@@H]2[C@H]3Cc4c(-c5cc(OC)c(O)c6c5C[C@H]5[C@H]7C=C(OC)C(=O)C[C@]67CCN5C)cc(OC)c(O)c4[C@]2(CCN3C)CC1=O. The summed E-state index contributed by atoms with van der Waals surface area (Å²) in [5, 5.41) is 24.0. The summed E-state index contributed by atoms with van der Waals surface area (Å²) in [6, 6.07) is 3.97. The molecule has 6 aliphatic rings. The van der Waals surface area contributed by atoms with Crippen molar-refractivity contribution in [2.75, 3.05) is 55.6 Å². The number of piperidine rings is 2. The molecule has 0 saturated carbocycles. The van der Waals surface area contributed by atoms with Crippen LogP contribution in [0.25, 0.3) is 11.1 Å². The minimum absolute atomic E-state index is 0.0341. The second-order valence-corrected chi connectivity index (χ2v) is 14.7. The third-order valence-electron chi connectivity index (χ3n) is 13.0. The van der Waals surface area contributed by atoms with E-state index in [1.165, 1.54) is 0 Å². The highest BCUT2D eigenvalue weighted by Gasteiger charge is 2.59. The average Bonchev–Trinajstić information content (AvgIpc) is 3.07. The number of nitrogens with zero attached hydrogens (tertiary/aromatic N) is 2. The maximum Gasteiger partial charge on any atom is 0.197 e. The fourth-order valence-electron chi connectivity index (χ4n) is 10.7. The molecule has 2 aromatic carbocycles. The van der Waals surface area contributed by atoms with Gasteiger partial charge in [-0.3, -0.25) is 9.59 Å². The van der Waals surface area contributed by atoms with Crippen molar-refractivity contribution < 1.29 is 38.7 Å². The van der Waals surface area contributed by atoms with Gasteiger partial charge in [-0.1, -0.05) is 0 Å². The van der Waals surface area contributed by atoms with E-state index in [1.807, 2.05) is 24.3 Å². The van der Waals surface area contributed by atoms with Gasteiger partial charge in [-0.05, 0) is 99.4 Å². The van der Waals surface area contributed by atoms with Gasteiger partial charge in [0.2, 0.25) is 0 Å². The Labute approximate surface area is 280 Å². The Morgan fingerprint density at radius 2 is 1.06 bits per heavy atom. The lowest BCUT2D eigenvalue weighted by Crippen LogP contribution is -2.60. The standard InChI is InChI=1S/C38H44N2O8/c1-39-9-7-37-17-27(41)29(45-3)15-23(37)25(39)11-21-19(13-31(47-5)35(43)33(21)37)20-14-32(48-6)36(44)34-22(20)12-26-24-16-30(46-4)28(42)18-38(24,34)8-10-40(26)2/h13-16,23-26,43-44H,7-12,17-18H2,1-6H3/t23-,24-,25-,26+,37-,38+/m1/s1. The van der Waals surface area contributed by atoms with Crippen LogP contribution in [0.15, 0.2) is 35.8 Å². The van der Waals surface area contributed by atoms with Gasteiger partial charge in [0.15, 0.2) is 46.1 Å². The molecule has 4 bridgehead atoms. The predicted molar refractivity (Wildman–Crippen MR) is 178 cm³/mol. The van der Waals surface area contributed by atoms with Gasteiger partial charge in [-0.15, -0.1) is 0 Å². The van der Waals surface area contributed by atoms with Crippen LogP contribution in [0.5, 0.6) is 23.0 Å². The van der Waals surface area contributed by atoms with Gasteiger partial charge in [0.05, 0.1) is 28.4 Å². The van der Waals surface area contributed by atoms with Crippen LogP contribution in [0.1, 0.15) is 47.9 Å². The first-order valence-corrected chi connectivity index (χ1v) is 16.9. The van der Waals surface area contributed by atoms with Crippen molar-refractivity contribution in [1.82, 2.24) is 9.80 Å². The number of rotatable bonds is 5. The van der Waals surface area contributed by atoms with E-state index < -0.39 is 10.8 Å². The third kappa shape index (κ3) is 3.93. The van der Waals surface area contributed by atoms with Crippen molar-refractivity contribution >= 4 is 11.6 Å². The zero-order chi connectivity index (χ0) is 33.9. The molecule has 0 spiro atoms. The molecule has 4 aliphatic carbocycles. The summed E-state index contributed by atoms with van der Waals surface area (Å²) in [6.45, 7) is 1.59. The van der Waals surface area contributed by atoms with E-state index in [2.05, 4.69) is 23.9 Å². The molecule has 48 heavy (non-hydrogen) atoms. The van der Waals surface area contributed by atoms with E-state index >= 15 is 0 Å². The molecule has 2 aliphatic heterocycles. The summed E-state index contributed by atoms with van der Waals surface area (Å²) < 4.78 is 22.8. The van der Waals surface area contributed by atoms with Crippen molar-refractivity contribution in [2.24, 2.45) is 11.8 Å². The number of ether oxygens (including phenoxy) is 4. The smallest absolute Gasteiger partial charge is 0.197 e. The van der Waals surface area contributed by atoms with E-state index in [0.29, 0.717) is 48.7 Å². The fraction of sp³-hybridized carbons (Fsp3) is 0.526. The molecular weight excluding hydrogens is 612 g/mol. The molecule has 0 aromatic heterocycles. The first kappa shape index (κ1) is 31.3. The van der Waals surface area contributed by atoms with Crippen LogP contribution in [0.4, 0.5) is 0 Å². The Morgan fingerprint density at radius 1 is 0.667 bits per heavy atom. The Morgan fingerprint density at radius 3 is 1.42 bits per heavy atom. The zero-order valence-electron chi connectivity index (χ0n) is 28.5. The third-order valence-corrected chi connectivity index (χ3v) is 13.0. The lowest BCUT2D eigenvalue weighted by molar-refractivity contribution is -0.123. The number of aromatic hydroxyl groups is 2. The molecule has 6 atom stereocenters. The quantitative estimate of drug-likeness (QED) is 0.489. The van der Waals surface area contributed by atoms with E-state index in [4.69, 9.17) is 18.9 Å². The van der Waals surface area contributed by atoms with Gasteiger partial charge in [0.25, 0.3) is 0 Å². The second-order valence-electron chi connectivity index (χ2n) is 14.7. The number of carbonyl (C=O) groups excluding carboxylic acids is 2. The maximum atomic E-state index is 13.5. The van der Waals surface area contributed by atoms with Crippen molar-refractivity contribution in [2.45, 2.75) is 61.4 Å². The monoisotopic (exact) mass is 656 g/mol. The number of fused-ring (bicyclic) bond motifs is 2. The summed E-state index contributed by atoms with van der Waals surface area (Å²) in [7, 11) is 10.4. The van der Waals surface area contributed by atoms with Crippen molar-refractivity contribution in [3.8, 4) is 34.1 Å². The number of phenols is 2. The molecule has 10 heteroatoms. The number of phenolic OH excluding ortho intramolecular Hbond substituents is 2. The van der Waals surface area contributed by atoms with Crippen molar-refractivity contribution in [1.29, 1.82) is 0 Å². The van der Waals surface area contributed by atoms with Crippen LogP contribution in [-0.4, -0.2) is 99.3 Å². The number of likely N-dealkylation sites (N-methyl/N-ethyl adjacent to an activating group) is 2. The van der Waals surface area contributed by atoms with Crippen LogP contribution in [-0.2, 0) is 42.7 Å². The fourth-order valence-corrected chi connectivity index (χ4v) is 10.7. The molecule has 2 aromatic rings. The second kappa shape index (κ2) is 10.7. The molecule has 254 valence electrons. The van der Waals surface area contributed by atoms with Crippen LogP contribution >= 0.6 is 0 Å². The topological polar surface area (TPSA) is 118 Å². The molecular formula is C38H44N2O8. The van der Waals surface area contributed by atoms with Crippen molar-refractivity contribution in [3.05, 3.63) is 58.1 Å². The van der Waals surface area contributed by atoms with Crippen LogP contribution in [0.2, 0.25) is 0 Å². The first-order valence-electron chi connectivity index (χ1n) is 16.9. The lowest BCUT2D eigenvalue weighted by atomic mass is 9.52. The Kier molecular flexibility index (Phi) is 6.99. The van der Waals surface area contributed by atoms with Crippen LogP contribution < -0.4 is 9.47 Å². The number of Topliss-reactive ketones (excluding diaryl/α,β-unsaturated/α-hetero) is 2. The number of hydrogen-bond donors (Lipinski definition) is 2. The van der Waals surface area contributed by atoms with Gasteiger partial charge in [0, 0.05) is 58.7 Å². The number of likely N-dealkylation sites (tertiary alicyclic amines) is 2. The first-order chi connectivity index (χ1) is 23.0. The van der Waals surface area contributed by atoms with E-state index in [9.17, 15) is 19.8 Å².